The Balaban J connectivity index is 0.811. The predicted octanol–water partition coefficient (Wildman–Crippen LogP) is -2.53. The summed E-state index contributed by atoms with van der Waals surface area (Å²) in [5.41, 5.74) is 16.2. The minimum absolute atomic E-state index is 0.00143. The number of aliphatic hydroxyl groups excluding tert-OH is 3. The molecule has 0 aliphatic carbocycles. The lowest BCUT2D eigenvalue weighted by atomic mass is 9.98. The highest BCUT2D eigenvalue weighted by molar-refractivity contribution is 7.66. The number of nitrogens with one attached hydrogen (secondary N) is 3. The van der Waals surface area contributed by atoms with Crippen molar-refractivity contribution in [2.45, 2.75) is 74.1 Å². The Kier molecular flexibility index (Phi) is 17.8. The van der Waals surface area contributed by atoms with E-state index >= 15 is 0 Å². The van der Waals surface area contributed by atoms with Gasteiger partial charge in [-0.15, -0.1) is 0 Å². The van der Waals surface area contributed by atoms with Crippen molar-refractivity contribution < 1.29 is 113 Å². The Labute approximate surface area is 478 Å². The van der Waals surface area contributed by atoms with E-state index in [-0.39, 0.29) is 57.8 Å². The molecule has 10 rings (SSSR count). The van der Waals surface area contributed by atoms with Crippen molar-refractivity contribution in [3.05, 3.63) is 81.9 Å². The van der Waals surface area contributed by atoms with Crippen molar-refractivity contribution in [2.24, 2.45) is 13.0 Å². The molecule has 466 valence electrons. The van der Waals surface area contributed by atoms with Crippen molar-refractivity contribution in [2.75, 3.05) is 50.7 Å². The second-order valence-electron chi connectivity index (χ2n) is 19.1. The molecule has 7 aromatic rings. The number of phosphoric ester groups is 3. The number of hydrogen-bond donors (Lipinski definition) is 13. The SMILES string of the molecule is CO[C@@H]1[C@H](OP(=O)(O)OC[C@H]2O[C@@H](n3cnc4c(=O)[nH]c(N)nc43)[C@H](O)[C@@H]2O)[C@@H](COP(=O)(O)OP(=O)(O)OP(=O)(O)OC[C@H]2O[C@@H]([n+]3cn(C)c4c(=O)[nH]c(N)nc43)[C@H](O)[C@@H]2CNC(=O)OCc2ccccc2)O[C@H]1n1cnc2c(N)ncnc21. The van der Waals surface area contributed by atoms with Gasteiger partial charge in [0, 0.05) is 19.6 Å². The number of benzene rings is 1. The third kappa shape index (κ3) is 13.3. The summed E-state index contributed by atoms with van der Waals surface area (Å²) in [5.74, 6) is -2.01. The van der Waals surface area contributed by atoms with E-state index in [9.17, 15) is 67.5 Å². The Hall–Kier alpha value is -6.62. The van der Waals surface area contributed by atoms with Gasteiger partial charge in [-0.25, -0.2) is 47.6 Å². The molecular weight excluding hydrogens is 1240 g/mol. The number of carbonyl (C=O) groups excluding carboxylic acids is 1. The molecule has 16 N–H and O–H groups in total. The molecule has 0 bridgehead atoms. The fraction of sp³-hybridized carbons (Fsp3) is 0.463. The van der Waals surface area contributed by atoms with Crippen molar-refractivity contribution in [3.63, 3.8) is 0 Å². The van der Waals surface area contributed by atoms with E-state index < -0.39 is 148 Å². The molecule has 41 nitrogen and oxygen atoms in total. The van der Waals surface area contributed by atoms with Crippen molar-refractivity contribution in [3.8, 4) is 0 Å². The number of anilines is 3. The lowest BCUT2D eigenvalue weighted by molar-refractivity contribution is -0.745. The second-order valence-corrected chi connectivity index (χ2v) is 25.1. The Morgan fingerprint density at radius 3 is 2.03 bits per heavy atom. The smallest absolute Gasteiger partial charge is 0.445 e. The molecule has 3 aliphatic heterocycles. The number of hydrogen-bond acceptors (Lipinski definition) is 30. The number of aromatic nitrogens is 12. The number of amides is 1. The summed E-state index contributed by atoms with van der Waals surface area (Å²) < 4.78 is 117. The van der Waals surface area contributed by atoms with Crippen LogP contribution in [0.4, 0.5) is 22.5 Å². The zero-order valence-corrected chi connectivity index (χ0v) is 47.7. The van der Waals surface area contributed by atoms with Crippen molar-refractivity contribution in [1.29, 1.82) is 0 Å². The van der Waals surface area contributed by atoms with Crippen molar-refractivity contribution >= 4 is 88.6 Å². The van der Waals surface area contributed by atoms with Gasteiger partial charge in [-0.05, 0) is 5.56 Å². The molecule has 3 saturated heterocycles. The maximum Gasteiger partial charge on any atom is 0.490 e. The lowest BCUT2D eigenvalue weighted by Gasteiger charge is -2.26. The van der Waals surface area contributed by atoms with Gasteiger partial charge in [-0.3, -0.25) is 51.4 Å². The van der Waals surface area contributed by atoms with Crippen LogP contribution in [0.25, 0.3) is 33.5 Å². The number of nitrogens with two attached hydrogens (primary N) is 3. The first kappa shape index (κ1) is 62.4. The Morgan fingerprint density at radius 2 is 1.34 bits per heavy atom. The number of aliphatic hydroxyl groups is 3. The number of alkyl carbamates (subject to hydrolysis) is 1. The number of H-pyrrole nitrogens is 2. The largest absolute Gasteiger partial charge is 0.490 e. The van der Waals surface area contributed by atoms with Crippen LogP contribution in [0.1, 0.15) is 24.2 Å². The molecule has 0 saturated carbocycles. The zero-order chi connectivity index (χ0) is 61.8. The summed E-state index contributed by atoms with van der Waals surface area (Å²) in [6.07, 6.45) is -14.6. The molecule has 3 aliphatic rings. The van der Waals surface area contributed by atoms with Crippen LogP contribution in [-0.2, 0) is 82.3 Å². The predicted molar refractivity (Wildman–Crippen MR) is 281 cm³/mol. The number of nitrogen functional groups attached to an aromatic ring is 3. The number of ether oxygens (including phenoxy) is 5. The first-order chi connectivity index (χ1) is 40.6. The fourth-order valence-electron chi connectivity index (χ4n) is 9.60. The van der Waals surface area contributed by atoms with Crippen LogP contribution < -0.4 is 38.2 Å². The summed E-state index contributed by atoms with van der Waals surface area (Å²) in [7, 11) is -21.2. The number of phosphoric acid groups is 4. The van der Waals surface area contributed by atoms with Crippen LogP contribution >= 0.6 is 31.3 Å². The maximum atomic E-state index is 13.8. The van der Waals surface area contributed by atoms with Gasteiger partial charge in [0.15, 0.2) is 41.4 Å². The van der Waals surface area contributed by atoms with E-state index in [4.69, 9.17) is 59.0 Å². The van der Waals surface area contributed by atoms with Gasteiger partial charge < -0.3 is 81.1 Å². The lowest BCUT2D eigenvalue weighted by Crippen LogP contribution is -2.46. The number of imidazole rings is 3. The fourth-order valence-corrected chi connectivity index (χ4v) is 14.1. The second kappa shape index (κ2) is 24.5. The molecular formula is C41H53N16O25P4+. The van der Waals surface area contributed by atoms with Crippen LogP contribution in [0.3, 0.4) is 0 Å². The number of methoxy groups -OCH3 is 1. The Bertz CT molecular complexity index is 3990. The number of aromatic amines is 2. The van der Waals surface area contributed by atoms with Gasteiger partial charge in [0.1, 0.15) is 61.2 Å². The summed E-state index contributed by atoms with van der Waals surface area (Å²) in [5, 5.41) is 35.9. The van der Waals surface area contributed by atoms with Crippen molar-refractivity contribution in [1.82, 2.24) is 58.9 Å². The maximum absolute atomic E-state index is 13.8. The van der Waals surface area contributed by atoms with E-state index in [1.54, 1.807) is 30.3 Å². The highest BCUT2D eigenvalue weighted by Crippen LogP contribution is 2.68. The summed E-state index contributed by atoms with van der Waals surface area (Å²) in [6, 6.07) is 8.54. The Morgan fingerprint density at radius 1 is 0.721 bits per heavy atom. The summed E-state index contributed by atoms with van der Waals surface area (Å²) >= 11 is 0. The molecule has 16 atom stereocenters. The number of carbonyl (C=O) groups is 1. The first-order valence-corrected chi connectivity index (χ1v) is 30.8. The molecule has 6 aromatic heterocycles. The first-order valence-electron chi connectivity index (χ1n) is 24.9. The van der Waals surface area contributed by atoms with Gasteiger partial charge >= 0.3 is 43.0 Å². The number of aryl methyl sites for hydroxylation is 1. The highest BCUT2D eigenvalue weighted by Gasteiger charge is 2.54. The summed E-state index contributed by atoms with van der Waals surface area (Å²) in [4.78, 5) is 110. The van der Waals surface area contributed by atoms with Crippen LogP contribution in [-0.4, -0.2) is 177 Å². The highest BCUT2D eigenvalue weighted by atomic mass is 31.3. The molecule has 1 amide bonds. The third-order valence-corrected chi connectivity index (χ3v) is 18.7. The molecule has 0 radical (unpaired) electrons. The average Bonchev–Trinajstić information content (AvgIpc) is 2.34. The minimum atomic E-state index is -6.27. The van der Waals surface area contributed by atoms with Gasteiger partial charge in [0.25, 0.3) is 17.1 Å². The van der Waals surface area contributed by atoms with Crippen LogP contribution in [0.5, 0.6) is 0 Å². The standard InChI is InChI=1S/C41H52N16O25P4/c1-54-16-57(33-24(54)35(62)53-40(44)51-33)36-25(58)18(8-45-41(63)73-9-17-6-4-3-5-7-17)19(77-36)10-75-84(66,67)81-86(70,71)82-85(68,69)76-12-21-28(29(72-2)38(79-21)55-14-48-22-30(42)46-13-47-31(22)55)80-83(64,65)74-11-20-26(59)27(60)37(78-20)56-15-49-23-32(56)50-39(43)52-34(23)61/h3-7,13-16,18-21,25-29,36-38,58-60H,8-12H2,1-2H3,(H12-,42,43,44,45,46,47,50,51,52,53,61,62,63,64,65,66,67,68,69,70,71)/p+1/t18-,19-,20-,21-,25-,26-,27-,28-,29-,36-,37-,38-/m1/s1. The average molecular weight is 1290 g/mol. The molecule has 0 spiro atoms. The molecule has 1 aromatic carbocycles. The van der Waals surface area contributed by atoms with E-state index in [0.717, 1.165) is 30.7 Å². The van der Waals surface area contributed by atoms with E-state index in [1.165, 1.54) is 27.1 Å². The molecule has 86 heavy (non-hydrogen) atoms. The van der Waals surface area contributed by atoms with Gasteiger partial charge in [-0.2, -0.15) is 13.6 Å². The van der Waals surface area contributed by atoms with E-state index in [1.807, 2.05) is 0 Å². The number of rotatable bonds is 23. The van der Waals surface area contributed by atoms with Gasteiger partial charge in [-0.1, -0.05) is 35.3 Å². The van der Waals surface area contributed by atoms with Gasteiger partial charge in [0.05, 0.1) is 45.6 Å². The number of fused-ring (bicyclic) bond motifs is 3. The normalized spacial score (nSPS) is 27.9. The molecule has 4 unspecified atom stereocenters. The van der Waals surface area contributed by atoms with Crippen LogP contribution in [0, 0.1) is 5.92 Å². The monoisotopic (exact) mass is 1290 g/mol. The third-order valence-electron chi connectivity index (χ3n) is 13.4. The quantitative estimate of drug-likeness (QED) is 0.0232. The van der Waals surface area contributed by atoms with Crippen LogP contribution in [0.15, 0.2) is 65.2 Å². The summed E-state index contributed by atoms with van der Waals surface area (Å²) in [6.45, 7) is -4.01. The zero-order valence-electron chi connectivity index (χ0n) is 44.1. The van der Waals surface area contributed by atoms with E-state index in [0.29, 0.717) is 5.56 Å². The topological polar surface area (TPSA) is 580 Å². The molecule has 45 heteroatoms. The van der Waals surface area contributed by atoms with Gasteiger partial charge in [0.2, 0.25) is 17.7 Å². The van der Waals surface area contributed by atoms with Crippen LogP contribution in [0.2, 0.25) is 0 Å². The molecule has 9 heterocycles. The minimum Gasteiger partial charge on any atom is -0.445 e. The molecule has 3 fully saturated rings. The van der Waals surface area contributed by atoms with E-state index in [2.05, 4.69) is 53.8 Å². The number of nitrogens with zero attached hydrogens (tertiary/aromatic N) is 10.